The Bertz CT molecular complexity index is 421. The number of nitrogens with two attached hydrogens (primary N) is 1. The Morgan fingerprint density at radius 2 is 2.43 bits per heavy atom. The van der Waals surface area contributed by atoms with Crippen LogP contribution in [0, 0.1) is 0 Å². The standard InChI is InChI=1S/C6H8N6S2/c1-12-4(2-8-11-12)3-13-6-10-9-5(7)14-6/h2H,3H2,1H3,(H2,7,9). The fourth-order valence-corrected chi connectivity index (χ4v) is 2.50. The van der Waals surface area contributed by atoms with Gasteiger partial charge in [0.2, 0.25) is 5.13 Å². The van der Waals surface area contributed by atoms with Crippen molar-refractivity contribution >= 4 is 28.2 Å². The Morgan fingerprint density at radius 3 is 3.00 bits per heavy atom. The molecule has 0 amide bonds. The number of nitrogen functional groups attached to an aromatic ring is 1. The molecule has 0 unspecified atom stereocenters. The molecule has 14 heavy (non-hydrogen) atoms. The lowest BCUT2D eigenvalue weighted by atomic mass is 10.5. The first-order valence-corrected chi connectivity index (χ1v) is 5.61. The predicted octanol–water partition coefficient (Wildman–Crippen LogP) is 0.541. The lowest BCUT2D eigenvalue weighted by Crippen LogP contribution is -1.95. The van der Waals surface area contributed by atoms with Gasteiger partial charge in [-0.3, -0.25) is 4.68 Å². The third-order valence-electron chi connectivity index (χ3n) is 1.57. The Balaban J connectivity index is 1.98. The third-order valence-corrected chi connectivity index (χ3v) is 3.49. The van der Waals surface area contributed by atoms with Crippen molar-refractivity contribution in [3.63, 3.8) is 0 Å². The molecule has 0 spiro atoms. The molecule has 0 saturated heterocycles. The molecule has 6 nitrogen and oxygen atoms in total. The summed E-state index contributed by atoms with van der Waals surface area (Å²) in [6.45, 7) is 0. The minimum atomic E-state index is 0.496. The van der Waals surface area contributed by atoms with Crippen molar-refractivity contribution in [2.24, 2.45) is 7.05 Å². The molecule has 0 saturated carbocycles. The van der Waals surface area contributed by atoms with E-state index in [2.05, 4.69) is 20.5 Å². The number of aromatic nitrogens is 5. The fraction of sp³-hybridized carbons (Fsp3) is 0.333. The van der Waals surface area contributed by atoms with Gasteiger partial charge < -0.3 is 5.73 Å². The summed E-state index contributed by atoms with van der Waals surface area (Å²) in [5.74, 6) is 0.776. The van der Waals surface area contributed by atoms with Gasteiger partial charge in [0.25, 0.3) is 0 Å². The quantitative estimate of drug-likeness (QED) is 0.772. The number of nitrogens with zero attached hydrogens (tertiary/aromatic N) is 5. The monoisotopic (exact) mass is 228 g/mol. The van der Waals surface area contributed by atoms with Gasteiger partial charge in [0.05, 0.1) is 11.9 Å². The van der Waals surface area contributed by atoms with Gasteiger partial charge in [0, 0.05) is 12.8 Å². The maximum Gasteiger partial charge on any atom is 0.203 e. The molecule has 2 aromatic heterocycles. The van der Waals surface area contributed by atoms with Crippen LogP contribution in [-0.4, -0.2) is 25.2 Å². The van der Waals surface area contributed by atoms with Crippen LogP contribution in [0.5, 0.6) is 0 Å². The van der Waals surface area contributed by atoms with Gasteiger partial charge in [0.1, 0.15) is 0 Å². The van der Waals surface area contributed by atoms with E-state index in [4.69, 9.17) is 5.73 Å². The highest BCUT2D eigenvalue weighted by Crippen LogP contribution is 2.26. The van der Waals surface area contributed by atoms with E-state index in [-0.39, 0.29) is 0 Å². The number of hydrogen-bond donors (Lipinski definition) is 1. The molecule has 8 heteroatoms. The van der Waals surface area contributed by atoms with E-state index in [1.165, 1.54) is 11.3 Å². The first-order chi connectivity index (χ1) is 6.75. The van der Waals surface area contributed by atoms with E-state index in [1.807, 2.05) is 7.05 Å². The average Bonchev–Trinajstić information content (AvgIpc) is 2.72. The summed E-state index contributed by atoms with van der Waals surface area (Å²) < 4.78 is 2.60. The molecular weight excluding hydrogens is 220 g/mol. The van der Waals surface area contributed by atoms with E-state index in [0.717, 1.165) is 15.8 Å². The number of hydrogen-bond acceptors (Lipinski definition) is 7. The molecule has 0 aliphatic heterocycles. The molecule has 2 N–H and O–H groups in total. The average molecular weight is 228 g/mol. The lowest BCUT2D eigenvalue weighted by molar-refractivity contribution is 0.694. The molecule has 0 fully saturated rings. The number of thioether (sulfide) groups is 1. The van der Waals surface area contributed by atoms with Gasteiger partial charge >= 0.3 is 0 Å². The summed E-state index contributed by atoms with van der Waals surface area (Å²) >= 11 is 2.96. The summed E-state index contributed by atoms with van der Waals surface area (Å²) in [6.07, 6.45) is 1.73. The Labute approximate surface area is 88.5 Å². The zero-order valence-corrected chi connectivity index (χ0v) is 9.05. The van der Waals surface area contributed by atoms with Crippen LogP contribution in [0.4, 0.5) is 5.13 Å². The molecule has 0 aromatic carbocycles. The zero-order valence-electron chi connectivity index (χ0n) is 7.41. The summed E-state index contributed by atoms with van der Waals surface area (Å²) in [6, 6.07) is 0. The van der Waals surface area contributed by atoms with E-state index >= 15 is 0 Å². The van der Waals surface area contributed by atoms with Crippen LogP contribution >= 0.6 is 23.1 Å². The maximum absolute atomic E-state index is 5.46. The number of anilines is 1. The molecule has 0 radical (unpaired) electrons. The molecule has 0 atom stereocenters. The van der Waals surface area contributed by atoms with Crippen molar-refractivity contribution in [1.29, 1.82) is 0 Å². The largest absolute Gasteiger partial charge is 0.374 e. The van der Waals surface area contributed by atoms with Crippen LogP contribution in [0.1, 0.15) is 5.69 Å². The molecule has 2 rings (SSSR count). The van der Waals surface area contributed by atoms with Crippen LogP contribution in [0.15, 0.2) is 10.5 Å². The second-order valence-electron chi connectivity index (χ2n) is 2.54. The van der Waals surface area contributed by atoms with Crippen LogP contribution in [-0.2, 0) is 12.8 Å². The predicted molar refractivity (Wildman–Crippen MR) is 54.9 cm³/mol. The normalized spacial score (nSPS) is 10.6. The van der Waals surface area contributed by atoms with Gasteiger partial charge in [-0.1, -0.05) is 28.3 Å². The van der Waals surface area contributed by atoms with E-state index < -0.39 is 0 Å². The Morgan fingerprint density at radius 1 is 1.57 bits per heavy atom. The highest BCUT2D eigenvalue weighted by molar-refractivity contribution is 8.00. The van der Waals surface area contributed by atoms with Crippen LogP contribution in [0.25, 0.3) is 0 Å². The molecule has 2 aromatic rings. The van der Waals surface area contributed by atoms with Crippen LogP contribution < -0.4 is 5.73 Å². The van der Waals surface area contributed by atoms with Crippen molar-refractivity contribution in [2.75, 3.05) is 5.73 Å². The topological polar surface area (TPSA) is 82.5 Å². The Kier molecular flexibility index (Phi) is 2.64. The van der Waals surface area contributed by atoms with Gasteiger partial charge in [-0.2, -0.15) is 0 Å². The summed E-state index contributed by atoms with van der Waals surface area (Å²) in [4.78, 5) is 0. The number of aryl methyl sites for hydroxylation is 1. The van der Waals surface area contributed by atoms with Crippen molar-refractivity contribution in [2.45, 2.75) is 10.1 Å². The summed E-state index contributed by atoms with van der Waals surface area (Å²) in [5, 5.41) is 15.7. The smallest absolute Gasteiger partial charge is 0.203 e. The van der Waals surface area contributed by atoms with Crippen molar-refractivity contribution < 1.29 is 0 Å². The van der Waals surface area contributed by atoms with E-state index in [1.54, 1.807) is 22.6 Å². The first-order valence-electron chi connectivity index (χ1n) is 3.81. The first kappa shape index (κ1) is 9.41. The third kappa shape index (κ3) is 2.02. The second-order valence-corrected chi connectivity index (χ2v) is 4.78. The maximum atomic E-state index is 5.46. The van der Waals surface area contributed by atoms with Crippen molar-refractivity contribution in [3.05, 3.63) is 11.9 Å². The van der Waals surface area contributed by atoms with Crippen LogP contribution in [0.3, 0.4) is 0 Å². The summed E-state index contributed by atoms with van der Waals surface area (Å²) in [7, 11) is 1.86. The van der Waals surface area contributed by atoms with Gasteiger partial charge in [-0.15, -0.1) is 15.3 Å². The molecule has 0 aliphatic rings. The number of rotatable bonds is 3. The summed E-state index contributed by atoms with van der Waals surface area (Å²) in [5.41, 5.74) is 6.50. The second kappa shape index (κ2) is 3.93. The Hall–Kier alpha value is -1.15. The lowest BCUT2D eigenvalue weighted by Gasteiger charge is -1.96. The van der Waals surface area contributed by atoms with E-state index in [9.17, 15) is 0 Å². The van der Waals surface area contributed by atoms with Crippen molar-refractivity contribution in [1.82, 2.24) is 25.2 Å². The molecule has 2 heterocycles. The van der Waals surface area contributed by atoms with E-state index in [0.29, 0.717) is 5.13 Å². The molecule has 74 valence electrons. The highest BCUT2D eigenvalue weighted by atomic mass is 32.2. The molecular formula is C6H8N6S2. The van der Waals surface area contributed by atoms with Crippen LogP contribution in [0.2, 0.25) is 0 Å². The fourth-order valence-electron chi connectivity index (χ4n) is 0.856. The minimum absolute atomic E-state index is 0.496. The molecule has 0 aliphatic carbocycles. The van der Waals surface area contributed by atoms with Crippen molar-refractivity contribution in [3.8, 4) is 0 Å². The minimum Gasteiger partial charge on any atom is -0.374 e. The van der Waals surface area contributed by atoms with Gasteiger partial charge in [-0.25, -0.2) is 0 Å². The van der Waals surface area contributed by atoms with Gasteiger partial charge in [0.15, 0.2) is 4.34 Å². The molecule has 0 bridgehead atoms. The SMILES string of the molecule is Cn1nncc1CSc1nnc(N)s1. The zero-order chi connectivity index (χ0) is 9.97. The van der Waals surface area contributed by atoms with Gasteiger partial charge in [-0.05, 0) is 0 Å². The highest BCUT2D eigenvalue weighted by Gasteiger charge is 2.04.